The number of amides is 1. The Morgan fingerprint density at radius 3 is 2.61 bits per heavy atom. The molecule has 1 amide bonds. The minimum Gasteiger partial charge on any atom is -0.495 e. The third-order valence-electron chi connectivity index (χ3n) is 5.25. The maximum absolute atomic E-state index is 12.9. The van der Waals surface area contributed by atoms with Crippen LogP contribution in [0.5, 0.6) is 5.75 Å². The number of nitrogens with zero attached hydrogens (tertiary/aromatic N) is 1. The lowest BCUT2D eigenvalue weighted by Gasteiger charge is -2.14. The van der Waals surface area contributed by atoms with Crippen LogP contribution < -0.4 is 15.4 Å². The number of thiocarbonyl (C=S) groups is 1. The van der Waals surface area contributed by atoms with E-state index < -0.39 is 0 Å². The Morgan fingerprint density at radius 1 is 0.970 bits per heavy atom. The van der Waals surface area contributed by atoms with Crippen LogP contribution in [0.1, 0.15) is 10.4 Å². The molecule has 0 spiro atoms. The van der Waals surface area contributed by atoms with Gasteiger partial charge in [-0.05, 0) is 59.4 Å². The van der Waals surface area contributed by atoms with E-state index in [0.29, 0.717) is 17.0 Å². The molecule has 0 atom stereocenters. The molecule has 2 N–H and O–H groups in total. The maximum Gasteiger partial charge on any atom is 0.258 e. The second-order valence-electron chi connectivity index (χ2n) is 7.34. The number of methoxy groups -OCH3 is 1. The molecular formula is C26H19N3O2S2. The number of hydrogen-bond acceptors (Lipinski definition) is 5. The molecule has 0 aliphatic rings. The number of carbonyl (C=O) groups excluding carboxylic acids is 1. The summed E-state index contributed by atoms with van der Waals surface area (Å²) in [6.07, 6.45) is 0. The van der Waals surface area contributed by atoms with Crippen molar-refractivity contribution in [1.82, 2.24) is 10.3 Å². The number of aromatic nitrogens is 1. The van der Waals surface area contributed by atoms with Crippen LogP contribution in [-0.4, -0.2) is 23.1 Å². The Labute approximate surface area is 200 Å². The van der Waals surface area contributed by atoms with E-state index in [2.05, 4.69) is 16.7 Å². The zero-order valence-electron chi connectivity index (χ0n) is 17.7. The van der Waals surface area contributed by atoms with E-state index in [1.54, 1.807) is 24.5 Å². The van der Waals surface area contributed by atoms with E-state index in [-0.39, 0.29) is 11.0 Å². The van der Waals surface area contributed by atoms with Crippen LogP contribution in [0, 0.1) is 0 Å². The fraction of sp³-hybridized carbons (Fsp3) is 0.0385. The monoisotopic (exact) mass is 469 g/mol. The summed E-state index contributed by atoms with van der Waals surface area (Å²) in [5, 5.41) is 8.84. The van der Waals surface area contributed by atoms with Crippen molar-refractivity contribution < 1.29 is 9.53 Å². The molecule has 33 heavy (non-hydrogen) atoms. The molecule has 5 aromatic rings. The molecule has 0 aliphatic carbocycles. The minimum absolute atomic E-state index is 0.188. The van der Waals surface area contributed by atoms with Crippen molar-refractivity contribution in [1.29, 1.82) is 0 Å². The molecule has 0 unspecified atom stereocenters. The van der Waals surface area contributed by atoms with Crippen molar-refractivity contribution in [2.24, 2.45) is 0 Å². The van der Waals surface area contributed by atoms with E-state index in [9.17, 15) is 4.79 Å². The fourth-order valence-electron chi connectivity index (χ4n) is 3.68. The predicted octanol–water partition coefficient (Wildman–Crippen LogP) is 6.25. The first kappa shape index (κ1) is 21.1. The topological polar surface area (TPSA) is 63.2 Å². The number of fused-ring (bicyclic) bond motifs is 2. The third-order valence-corrected chi connectivity index (χ3v) is 6.54. The van der Waals surface area contributed by atoms with Gasteiger partial charge in [-0.25, -0.2) is 4.98 Å². The summed E-state index contributed by atoms with van der Waals surface area (Å²) in [6.45, 7) is 0. The van der Waals surface area contributed by atoms with Crippen LogP contribution in [0.2, 0.25) is 0 Å². The van der Waals surface area contributed by atoms with E-state index in [1.807, 2.05) is 72.8 Å². The summed E-state index contributed by atoms with van der Waals surface area (Å²) in [7, 11) is 1.59. The molecule has 7 heteroatoms. The van der Waals surface area contributed by atoms with Crippen molar-refractivity contribution in [2.75, 3.05) is 12.4 Å². The lowest BCUT2D eigenvalue weighted by Crippen LogP contribution is -2.34. The van der Waals surface area contributed by atoms with Gasteiger partial charge in [-0.15, -0.1) is 11.3 Å². The number of benzene rings is 4. The van der Waals surface area contributed by atoms with E-state index >= 15 is 0 Å². The maximum atomic E-state index is 12.9. The predicted molar refractivity (Wildman–Crippen MR) is 139 cm³/mol. The Morgan fingerprint density at radius 2 is 1.76 bits per heavy atom. The summed E-state index contributed by atoms with van der Waals surface area (Å²) in [5.74, 6) is 0.340. The van der Waals surface area contributed by atoms with Crippen LogP contribution in [-0.2, 0) is 0 Å². The van der Waals surface area contributed by atoms with Crippen LogP contribution in [0.25, 0.3) is 31.6 Å². The molecule has 1 aromatic heterocycles. The summed E-state index contributed by atoms with van der Waals surface area (Å²) in [4.78, 5) is 17.6. The highest BCUT2D eigenvalue weighted by atomic mass is 32.1. The molecule has 0 bridgehead atoms. The number of rotatable bonds is 4. The van der Waals surface area contributed by atoms with Gasteiger partial charge in [0.2, 0.25) is 0 Å². The van der Waals surface area contributed by atoms with Crippen molar-refractivity contribution >= 4 is 61.3 Å². The van der Waals surface area contributed by atoms with Crippen LogP contribution in [0.4, 0.5) is 5.69 Å². The first-order valence-electron chi connectivity index (χ1n) is 10.3. The molecule has 0 radical (unpaired) electrons. The Bertz CT molecular complexity index is 1470. The Hall–Kier alpha value is -3.81. The first-order chi connectivity index (χ1) is 16.1. The largest absolute Gasteiger partial charge is 0.495 e. The van der Waals surface area contributed by atoms with E-state index in [4.69, 9.17) is 21.9 Å². The number of para-hydroxylation sites is 1. The lowest BCUT2D eigenvalue weighted by atomic mass is 10.0. The summed E-state index contributed by atoms with van der Waals surface area (Å²) >= 11 is 7.06. The van der Waals surface area contributed by atoms with Crippen LogP contribution >= 0.6 is 23.6 Å². The van der Waals surface area contributed by atoms with Crippen LogP contribution in [0.3, 0.4) is 0 Å². The number of ether oxygens (including phenoxy) is 1. The summed E-state index contributed by atoms with van der Waals surface area (Å²) in [5.41, 5.74) is 3.10. The van der Waals surface area contributed by atoms with Gasteiger partial charge in [-0.2, -0.15) is 0 Å². The van der Waals surface area contributed by atoms with Gasteiger partial charge in [-0.3, -0.25) is 10.1 Å². The van der Waals surface area contributed by atoms with Gasteiger partial charge < -0.3 is 10.1 Å². The third kappa shape index (κ3) is 4.28. The normalized spacial score (nSPS) is 10.8. The van der Waals surface area contributed by atoms with Gasteiger partial charge >= 0.3 is 0 Å². The second kappa shape index (κ2) is 8.97. The number of carbonyl (C=O) groups is 1. The SMILES string of the molecule is COc1ccc(-c2nc3ccccc3s2)cc1NC(=S)NC(=O)c1cccc2ccccc12. The molecule has 0 saturated heterocycles. The molecular weight excluding hydrogens is 450 g/mol. The van der Waals surface area contributed by atoms with Crippen molar-refractivity contribution in [3.8, 4) is 16.3 Å². The zero-order valence-corrected chi connectivity index (χ0v) is 19.3. The first-order valence-corrected chi connectivity index (χ1v) is 11.5. The lowest BCUT2D eigenvalue weighted by molar-refractivity contribution is 0.0979. The number of hydrogen-bond donors (Lipinski definition) is 2. The summed E-state index contributed by atoms with van der Waals surface area (Å²) in [6, 6.07) is 27.1. The highest BCUT2D eigenvalue weighted by Crippen LogP contribution is 2.34. The Kier molecular flexibility index (Phi) is 5.73. The molecule has 0 fully saturated rings. The molecule has 0 saturated carbocycles. The molecule has 0 aliphatic heterocycles. The van der Waals surface area contributed by atoms with Crippen molar-refractivity contribution in [3.63, 3.8) is 0 Å². The molecule has 1 heterocycles. The summed E-state index contributed by atoms with van der Waals surface area (Å²) < 4.78 is 6.61. The fourth-order valence-corrected chi connectivity index (χ4v) is 4.85. The molecule has 5 rings (SSSR count). The second-order valence-corrected chi connectivity index (χ2v) is 8.78. The average Bonchev–Trinajstić information content (AvgIpc) is 3.28. The van der Waals surface area contributed by atoms with Gasteiger partial charge in [0.05, 0.1) is 23.0 Å². The standard InChI is InChI=1S/C26H19N3O2S2/c1-31-22-14-13-17(25-27-20-11-4-5-12-23(20)33-25)15-21(22)28-26(32)29-24(30)19-10-6-8-16-7-2-3-9-18(16)19/h2-15H,1H3,(H2,28,29,30,32). The van der Waals surface area contributed by atoms with Crippen molar-refractivity contribution in [2.45, 2.75) is 0 Å². The highest BCUT2D eigenvalue weighted by molar-refractivity contribution is 7.80. The minimum atomic E-state index is -0.273. The van der Waals surface area contributed by atoms with Gasteiger partial charge in [0, 0.05) is 11.1 Å². The quantitative estimate of drug-likeness (QED) is 0.305. The van der Waals surface area contributed by atoms with Gasteiger partial charge in [0.15, 0.2) is 5.11 Å². The van der Waals surface area contributed by atoms with Gasteiger partial charge in [0.25, 0.3) is 5.91 Å². The van der Waals surface area contributed by atoms with Crippen LogP contribution in [0.15, 0.2) is 84.9 Å². The molecule has 162 valence electrons. The zero-order chi connectivity index (χ0) is 22.8. The smallest absolute Gasteiger partial charge is 0.258 e. The number of nitrogens with one attached hydrogen (secondary N) is 2. The average molecular weight is 470 g/mol. The van der Waals surface area contributed by atoms with Gasteiger partial charge in [0.1, 0.15) is 10.8 Å². The molecule has 4 aromatic carbocycles. The molecule has 5 nitrogen and oxygen atoms in total. The number of anilines is 1. The highest BCUT2D eigenvalue weighted by Gasteiger charge is 2.14. The van der Waals surface area contributed by atoms with Gasteiger partial charge in [-0.1, -0.05) is 48.5 Å². The van der Waals surface area contributed by atoms with E-state index in [0.717, 1.165) is 31.6 Å². The van der Waals surface area contributed by atoms with E-state index in [1.165, 1.54) is 0 Å². The Balaban J connectivity index is 1.39. The number of thiazole rings is 1. The van der Waals surface area contributed by atoms with Crippen molar-refractivity contribution in [3.05, 3.63) is 90.5 Å².